The molecule has 1 aliphatic heterocycles. The van der Waals surface area contributed by atoms with Crippen molar-refractivity contribution < 1.29 is 19.1 Å². The zero-order valence-corrected chi connectivity index (χ0v) is 17.2. The second kappa shape index (κ2) is 7.33. The second-order valence-corrected chi connectivity index (χ2v) is 7.36. The Kier molecular flexibility index (Phi) is 4.81. The Morgan fingerprint density at radius 2 is 1.90 bits per heavy atom. The van der Waals surface area contributed by atoms with E-state index in [-0.39, 0.29) is 17.2 Å². The molecular weight excluding hydrogens is 384 g/mol. The summed E-state index contributed by atoms with van der Waals surface area (Å²) >= 11 is 0. The van der Waals surface area contributed by atoms with Crippen molar-refractivity contribution in [3.05, 3.63) is 64.6 Å². The van der Waals surface area contributed by atoms with E-state index in [0.29, 0.717) is 28.1 Å². The number of benzene rings is 2. The first-order valence-electron chi connectivity index (χ1n) is 9.63. The van der Waals surface area contributed by atoms with Gasteiger partial charge in [0.1, 0.15) is 11.5 Å². The molecule has 1 amide bonds. The molecule has 30 heavy (non-hydrogen) atoms. The summed E-state index contributed by atoms with van der Waals surface area (Å²) in [5.41, 5.74) is 0.688. The zero-order chi connectivity index (χ0) is 21.6. The van der Waals surface area contributed by atoms with E-state index in [4.69, 9.17) is 9.47 Å². The number of carbonyl (C=O) groups is 2. The van der Waals surface area contributed by atoms with Crippen LogP contribution in [0.5, 0.6) is 11.5 Å². The van der Waals surface area contributed by atoms with Gasteiger partial charge in [-0.2, -0.15) is 0 Å². The molecule has 0 N–H and O–H groups in total. The van der Waals surface area contributed by atoms with Gasteiger partial charge in [0, 0.05) is 24.2 Å². The first-order valence-corrected chi connectivity index (χ1v) is 9.63. The quantitative estimate of drug-likeness (QED) is 0.622. The lowest BCUT2D eigenvalue weighted by molar-refractivity contribution is -0.125. The van der Waals surface area contributed by atoms with Crippen LogP contribution in [-0.2, 0) is 4.79 Å². The van der Waals surface area contributed by atoms with Gasteiger partial charge in [0.05, 0.1) is 18.8 Å². The van der Waals surface area contributed by atoms with E-state index in [1.54, 1.807) is 76.7 Å². The number of amides is 1. The van der Waals surface area contributed by atoms with Gasteiger partial charge in [0.15, 0.2) is 11.9 Å². The maximum absolute atomic E-state index is 13.1. The highest BCUT2D eigenvalue weighted by Crippen LogP contribution is 2.34. The third-order valence-electron chi connectivity index (χ3n) is 5.52. The van der Waals surface area contributed by atoms with E-state index < -0.39 is 12.1 Å². The molecule has 2 unspecified atom stereocenters. The first kappa shape index (κ1) is 19.7. The van der Waals surface area contributed by atoms with Gasteiger partial charge in [0.25, 0.3) is 11.5 Å². The van der Waals surface area contributed by atoms with E-state index in [0.717, 1.165) is 5.39 Å². The van der Waals surface area contributed by atoms with Crippen LogP contribution < -0.4 is 19.9 Å². The van der Waals surface area contributed by atoms with Crippen molar-refractivity contribution in [3.63, 3.8) is 0 Å². The standard InChI is InChI=1S/C23H22N2O5/c1-13(25-10-9-15-11-17(29-4)6-7-18(15)23(25)28)21(26)16-5-8-20-19(12-16)24(3)22(27)14(2)30-20/h5-14H,1-4H3. The molecule has 0 radical (unpaired) electrons. The number of carbonyl (C=O) groups excluding carboxylic acids is 2. The van der Waals surface area contributed by atoms with E-state index in [2.05, 4.69) is 0 Å². The Hall–Kier alpha value is -3.61. The minimum Gasteiger partial charge on any atom is -0.497 e. The molecule has 0 spiro atoms. The third-order valence-corrected chi connectivity index (χ3v) is 5.52. The number of rotatable bonds is 4. The van der Waals surface area contributed by atoms with Crippen molar-refractivity contribution in [1.82, 2.24) is 4.57 Å². The SMILES string of the molecule is COc1ccc2c(=O)n(C(C)C(=O)c3ccc4c(c3)N(C)C(=O)C(C)O4)ccc2c1. The number of nitrogens with zero attached hydrogens (tertiary/aromatic N) is 2. The number of hydrogen-bond acceptors (Lipinski definition) is 5. The molecule has 2 aromatic carbocycles. The van der Waals surface area contributed by atoms with E-state index in [9.17, 15) is 14.4 Å². The lowest BCUT2D eigenvalue weighted by Gasteiger charge is -2.30. The summed E-state index contributed by atoms with van der Waals surface area (Å²) < 4.78 is 12.2. The van der Waals surface area contributed by atoms with Gasteiger partial charge in [-0.05, 0) is 61.7 Å². The second-order valence-electron chi connectivity index (χ2n) is 7.36. The molecule has 7 nitrogen and oxygen atoms in total. The Balaban J connectivity index is 1.70. The average molecular weight is 406 g/mol. The molecule has 7 heteroatoms. The molecule has 1 aromatic heterocycles. The Bertz CT molecular complexity index is 1230. The maximum Gasteiger partial charge on any atom is 0.267 e. The summed E-state index contributed by atoms with van der Waals surface area (Å²) in [4.78, 5) is 39.8. The van der Waals surface area contributed by atoms with Crippen LogP contribution in [0.1, 0.15) is 30.2 Å². The highest BCUT2D eigenvalue weighted by Gasteiger charge is 2.30. The monoisotopic (exact) mass is 406 g/mol. The van der Waals surface area contributed by atoms with Crippen LogP contribution in [0, 0.1) is 0 Å². The summed E-state index contributed by atoms with van der Waals surface area (Å²) in [7, 11) is 3.22. The fourth-order valence-electron chi connectivity index (χ4n) is 3.71. The van der Waals surface area contributed by atoms with Crippen molar-refractivity contribution in [3.8, 4) is 11.5 Å². The molecule has 154 valence electrons. The largest absolute Gasteiger partial charge is 0.497 e. The molecule has 0 aliphatic carbocycles. The molecule has 2 heterocycles. The molecular formula is C23H22N2O5. The van der Waals surface area contributed by atoms with Crippen LogP contribution in [-0.4, -0.2) is 36.5 Å². The number of fused-ring (bicyclic) bond motifs is 2. The molecule has 0 saturated heterocycles. The summed E-state index contributed by atoms with van der Waals surface area (Å²) in [6.45, 7) is 3.37. The lowest BCUT2D eigenvalue weighted by Crippen LogP contribution is -2.42. The van der Waals surface area contributed by atoms with Gasteiger partial charge >= 0.3 is 0 Å². The Morgan fingerprint density at radius 1 is 1.13 bits per heavy atom. The van der Waals surface area contributed by atoms with Crippen LogP contribution in [0.3, 0.4) is 0 Å². The average Bonchev–Trinajstić information content (AvgIpc) is 2.76. The topological polar surface area (TPSA) is 77.8 Å². The summed E-state index contributed by atoms with van der Waals surface area (Å²) in [6.07, 6.45) is 1.05. The van der Waals surface area contributed by atoms with Crippen LogP contribution in [0.2, 0.25) is 0 Å². The van der Waals surface area contributed by atoms with Gasteiger partial charge in [-0.25, -0.2) is 0 Å². The number of hydrogen-bond donors (Lipinski definition) is 0. The van der Waals surface area contributed by atoms with Crippen molar-refractivity contribution in [2.75, 3.05) is 19.1 Å². The first-order chi connectivity index (χ1) is 14.3. The molecule has 1 aliphatic rings. The Morgan fingerprint density at radius 3 is 2.63 bits per heavy atom. The normalized spacial score (nSPS) is 16.7. The summed E-state index contributed by atoms with van der Waals surface area (Å²) in [5.74, 6) is 0.798. The van der Waals surface area contributed by atoms with Crippen molar-refractivity contribution in [2.45, 2.75) is 26.0 Å². The minimum atomic E-state index is -0.716. The number of ether oxygens (including phenoxy) is 2. The number of anilines is 1. The summed E-state index contributed by atoms with van der Waals surface area (Å²) in [5, 5.41) is 1.26. The predicted octanol–water partition coefficient (Wildman–Crippen LogP) is 3.20. The van der Waals surface area contributed by atoms with Gasteiger partial charge < -0.3 is 18.9 Å². The summed E-state index contributed by atoms with van der Waals surface area (Å²) in [6, 6.07) is 11.2. The number of pyridine rings is 1. The minimum absolute atomic E-state index is 0.179. The van der Waals surface area contributed by atoms with Crippen molar-refractivity contribution in [2.24, 2.45) is 0 Å². The fourth-order valence-corrected chi connectivity index (χ4v) is 3.71. The molecule has 0 bridgehead atoms. The van der Waals surface area contributed by atoms with Gasteiger partial charge in [0.2, 0.25) is 0 Å². The van der Waals surface area contributed by atoms with Crippen LogP contribution in [0.25, 0.3) is 10.8 Å². The lowest BCUT2D eigenvalue weighted by atomic mass is 10.0. The predicted molar refractivity (Wildman–Crippen MR) is 114 cm³/mol. The zero-order valence-electron chi connectivity index (χ0n) is 17.2. The number of Topliss-reactive ketones (excluding diaryl/α,β-unsaturated/α-hetero) is 1. The molecule has 4 rings (SSSR count). The van der Waals surface area contributed by atoms with Crippen LogP contribution in [0.15, 0.2) is 53.5 Å². The van der Waals surface area contributed by atoms with Gasteiger partial charge in [-0.15, -0.1) is 0 Å². The molecule has 0 saturated carbocycles. The van der Waals surface area contributed by atoms with Gasteiger partial charge in [-0.1, -0.05) is 0 Å². The smallest absolute Gasteiger partial charge is 0.267 e. The highest BCUT2D eigenvalue weighted by molar-refractivity contribution is 6.03. The van der Waals surface area contributed by atoms with Crippen molar-refractivity contribution >= 4 is 28.2 Å². The van der Waals surface area contributed by atoms with Crippen LogP contribution >= 0.6 is 0 Å². The van der Waals surface area contributed by atoms with Crippen molar-refractivity contribution in [1.29, 1.82) is 0 Å². The van der Waals surface area contributed by atoms with E-state index in [1.165, 1.54) is 9.47 Å². The third kappa shape index (κ3) is 3.12. The number of likely N-dealkylation sites (N-methyl/N-ethyl adjacent to an activating group) is 1. The Labute approximate surface area is 173 Å². The number of aromatic nitrogens is 1. The fraction of sp³-hybridized carbons (Fsp3) is 0.261. The highest BCUT2D eigenvalue weighted by atomic mass is 16.5. The van der Waals surface area contributed by atoms with Gasteiger partial charge in [-0.3, -0.25) is 14.4 Å². The van der Waals surface area contributed by atoms with E-state index >= 15 is 0 Å². The number of ketones is 1. The maximum atomic E-state index is 13.1. The molecule has 3 aromatic rings. The number of methoxy groups -OCH3 is 1. The van der Waals surface area contributed by atoms with Crippen LogP contribution in [0.4, 0.5) is 5.69 Å². The van der Waals surface area contributed by atoms with E-state index in [1.807, 2.05) is 0 Å². The molecule has 2 atom stereocenters. The molecule has 0 fully saturated rings.